The highest BCUT2D eigenvalue weighted by atomic mass is 79.9. The fourth-order valence-electron chi connectivity index (χ4n) is 1.30. The van der Waals surface area contributed by atoms with Gasteiger partial charge in [0.05, 0.1) is 4.47 Å². The van der Waals surface area contributed by atoms with E-state index >= 15 is 0 Å². The molecule has 0 fully saturated rings. The first-order valence-electron chi connectivity index (χ1n) is 4.80. The minimum Gasteiger partial charge on any atom is -0.339 e. The van der Waals surface area contributed by atoms with Crippen LogP contribution in [0.15, 0.2) is 45.5 Å². The number of aryl methyl sites for hydroxylation is 1. The predicted molar refractivity (Wildman–Crippen MR) is 74.1 cm³/mol. The molecule has 1 heterocycles. The summed E-state index contributed by atoms with van der Waals surface area (Å²) in [6.07, 6.45) is 1.84. The Morgan fingerprint density at radius 1 is 1.12 bits per heavy atom. The van der Waals surface area contributed by atoms with Gasteiger partial charge in [-0.3, -0.25) is 0 Å². The summed E-state index contributed by atoms with van der Waals surface area (Å²) in [5.41, 5.74) is 2.15. The smallest absolute Gasteiger partial charge is 0.144 e. The van der Waals surface area contributed by atoms with Gasteiger partial charge in [-0.05, 0) is 58.7 Å². The molecular weight excluding hydrogens is 332 g/mol. The van der Waals surface area contributed by atoms with Crippen LogP contribution in [-0.2, 0) is 0 Å². The lowest BCUT2D eigenvalue weighted by molar-refractivity contribution is 1.24. The Morgan fingerprint density at radius 3 is 2.44 bits per heavy atom. The number of benzene rings is 1. The summed E-state index contributed by atoms with van der Waals surface area (Å²) in [4.78, 5) is 4.33. The van der Waals surface area contributed by atoms with Gasteiger partial charge in [0.25, 0.3) is 0 Å². The first-order chi connectivity index (χ1) is 7.65. The van der Waals surface area contributed by atoms with Crippen LogP contribution in [0, 0.1) is 6.92 Å². The van der Waals surface area contributed by atoms with Gasteiger partial charge in [-0.25, -0.2) is 4.98 Å². The van der Waals surface area contributed by atoms with Crippen LogP contribution in [0.25, 0.3) is 0 Å². The van der Waals surface area contributed by atoms with E-state index in [4.69, 9.17) is 0 Å². The monoisotopic (exact) mass is 340 g/mol. The van der Waals surface area contributed by atoms with Crippen LogP contribution in [0.1, 0.15) is 5.56 Å². The summed E-state index contributed by atoms with van der Waals surface area (Å²) in [6, 6.07) is 10.0. The molecule has 2 rings (SSSR count). The van der Waals surface area contributed by atoms with Gasteiger partial charge < -0.3 is 5.32 Å². The summed E-state index contributed by atoms with van der Waals surface area (Å²) < 4.78 is 2.03. The first-order valence-corrected chi connectivity index (χ1v) is 6.38. The van der Waals surface area contributed by atoms with Gasteiger partial charge in [-0.1, -0.05) is 15.9 Å². The van der Waals surface area contributed by atoms with Crippen LogP contribution in [0.2, 0.25) is 0 Å². The molecule has 1 N–H and O–H groups in total. The molecule has 2 nitrogen and oxygen atoms in total. The molecule has 82 valence electrons. The Hall–Kier alpha value is -0.870. The Bertz CT molecular complexity index is 495. The second-order valence-electron chi connectivity index (χ2n) is 3.47. The van der Waals surface area contributed by atoms with Gasteiger partial charge in [0.15, 0.2) is 0 Å². The predicted octanol–water partition coefficient (Wildman–Crippen LogP) is 4.66. The number of nitrogens with zero attached hydrogens (tertiary/aromatic N) is 1. The van der Waals surface area contributed by atoms with Crippen LogP contribution < -0.4 is 5.32 Å². The molecule has 4 heteroatoms. The fourth-order valence-corrected chi connectivity index (χ4v) is 2.12. The third kappa shape index (κ3) is 2.83. The molecule has 0 atom stereocenters. The van der Waals surface area contributed by atoms with Crippen molar-refractivity contribution in [2.45, 2.75) is 6.92 Å². The minimum atomic E-state index is 0.827. The number of halogens is 2. The molecule has 0 bridgehead atoms. The van der Waals surface area contributed by atoms with E-state index in [9.17, 15) is 0 Å². The quantitative estimate of drug-likeness (QED) is 0.859. The van der Waals surface area contributed by atoms with Crippen molar-refractivity contribution < 1.29 is 0 Å². The van der Waals surface area contributed by atoms with Crippen molar-refractivity contribution in [3.63, 3.8) is 0 Å². The highest BCUT2D eigenvalue weighted by Crippen LogP contribution is 2.24. The van der Waals surface area contributed by atoms with Crippen LogP contribution in [-0.4, -0.2) is 4.98 Å². The zero-order valence-corrected chi connectivity index (χ0v) is 11.8. The van der Waals surface area contributed by atoms with E-state index in [1.165, 1.54) is 0 Å². The Balaban J connectivity index is 2.23. The molecule has 0 aliphatic carbocycles. The van der Waals surface area contributed by atoms with E-state index in [-0.39, 0.29) is 0 Å². The second kappa shape index (κ2) is 4.97. The molecule has 0 unspecified atom stereocenters. The minimum absolute atomic E-state index is 0.827. The maximum absolute atomic E-state index is 4.33. The molecule has 0 aliphatic heterocycles. The lowest BCUT2D eigenvalue weighted by Gasteiger charge is -2.07. The Kier molecular flexibility index (Phi) is 3.61. The van der Waals surface area contributed by atoms with Gasteiger partial charge in [0.2, 0.25) is 0 Å². The third-order valence-electron chi connectivity index (χ3n) is 2.08. The summed E-state index contributed by atoms with van der Waals surface area (Å²) in [7, 11) is 0. The van der Waals surface area contributed by atoms with Gasteiger partial charge in [-0.2, -0.15) is 0 Å². The number of pyridine rings is 1. The summed E-state index contributed by atoms with van der Waals surface area (Å²) in [5, 5.41) is 3.25. The normalized spacial score (nSPS) is 10.2. The number of rotatable bonds is 2. The van der Waals surface area contributed by atoms with Gasteiger partial charge >= 0.3 is 0 Å². The Labute approximate surface area is 111 Å². The van der Waals surface area contributed by atoms with Crippen molar-refractivity contribution in [1.29, 1.82) is 0 Å². The number of nitrogens with one attached hydrogen (secondary N) is 1. The van der Waals surface area contributed by atoms with E-state index in [1.54, 1.807) is 0 Å². The molecule has 16 heavy (non-hydrogen) atoms. The lowest BCUT2D eigenvalue weighted by Crippen LogP contribution is -1.94. The Morgan fingerprint density at radius 2 is 1.81 bits per heavy atom. The van der Waals surface area contributed by atoms with E-state index < -0.39 is 0 Å². The standard InChI is InChI=1S/C12H10Br2N2/c1-8-6-11(14)12(15-7-8)16-10-4-2-9(13)3-5-10/h2-7H,1H3,(H,15,16). The topological polar surface area (TPSA) is 24.9 Å². The zero-order chi connectivity index (χ0) is 11.5. The number of hydrogen-bond donors (Lipinski definition) is 1. The summed E-state index contributed by atoms with van der Waals surface area (Å²) >= 11 is 6.89. The third-order valence-corrected chi connectivity index (χ3v) is 3.22. The molecule has 1 aromatic heterocycles. The average Bonchev–Trinajstić information content (AvgIpc) is 2.25. The van der Waals surface area contributed by atoms with Crippen LogP contribution >= 0.6 is 31.9 Å². The van der Waals surface area contributed by atoms with E-state index in [1.807, 2.05) is 43.5 Å². The van der Waals surface area contributed by atoms with Crippen molar-refractivity contribution in [1.82, 2.24) is 4.98 Å². The molecule has 1 aromatic carbocycles. The van der Waals surface area contributed by atoms with E-state index in [2.05, 4.69) is 42.2 Å². The lowest BCUT2D eigenvalue weighted by atomic mass is 10.3. The first kappa shape index (κ1) is 11.6. The molecule has 0 aliphatic rings. The molecule has 0 radical (unpaired) electrons. The maximum atomic E-state index is 4.33. The van der Waals surface area contributed by atoms with Crippen molar-refractivity contribution >= 4 is 43.4 Å². The molecule has 0 saturated heterocycles. The van der Waals surface area contributed by atoms with Gasteiger partial charge in [0, 0.05) is 16.4 Å². The second-order valence-corrected chi connectivity index (χ2v) is 5.25. The van der Waals surface area contributed by atoms with Crippen molar-refractivity contribution in [2.24, 2.45) is 0 Å². The highest BCUT2D eigenvalue weighted by Gasteiger charge is 2.01. The van der Waals surface area contributed by atoms with Crippen LogP contribution in [0.5, 0.6) is 0 Å². The number of anilines is 2. The number of aromatic nitrogens is 1. The molecule has 0 saturated carbocycles. The van der Waals surface area contributed by atoms with Crippen molar-refractivity contribution in [3.05, 3.63) is 51.0 Å². The van der Waals surface area contributed by atoms with Crippen LogP contribution in [0.4, 0.5) is 11.5 Å². The van der Waals surface area contributed by atoms with Gasteiger partial charge in [-0.15, -0.1) is 0 Å². The van der Waals surface area contributed by atoms with Crippen molar-refractivity contribution in [2.75, 3.05) is 5.32 Å². The van der Waals surface area contributed by atoms with Crippen LogP contribution in [0.3, 0.4) is 0 Å². The molecule has 2 aromatic rings. The zero-order valence-electron chi connectivity index (χ0n) is 8.67. The average molecular weight is 342 g/mol. The summed E-state index contributed by atoms with van der Waals surface area (Å²) in [5.74, 6) is 0.827. The molecule has 0 amide bonds. The maximum Gasteiger partial charge on any atom is 0.144 e. The van der Waals surface area contributed by atoms with E-state index in [0.717, 1.165) is 26.0 Å². The van der Waals surface area contributed by atoms with Gasteiger partial charge in [0.1, 0.15) is 5.82 Å². The SMILES string of the molecule is Cc1cnc(Nc2ccc(Br)cc2)c(Br)c1. The number of hydrogen-bond acceptors (Lipinski definition) is 2. The fraction of sp³-hybridized carbons (Fsp3) is 0.0833. The summed E-state index contributed by atoms with van der Waals surface area (Å²) in [6.45, 7) is 2.02. The van der Waals surface area contributed by atoms with Crippen molar-refractivity contribution in [3.8, 4) is 0 Å². The molecular formula is C12H10Br2N2. The van der Waals surface area contributed by atoms with E-state index in [0.29, 0.717) is 0 Å². The highest BCUT2D eigenvalue weighted by molar-refractivity contribution is 9.10. The molecule has 0 spiro atoms. The largest absolute Gasteiger partial charge is 0.339 e.